The number of benzene rings is 1. The van der Waals surface area contributed by atoms with Crippen LogP contribution in [0, 0.1) is 10.1 Å². The van der Waals surface area contributed by atoms with E-state index in [2.05, 4.69) is 15.1 Å². The van der Waals surface area contributed by atoms with Crippen molar-refractivity contribution in [2.24, 2.45) is 0 Å². The highest BCUT2D eigenvalue weighted by Crippen LogP contribution is 2.20. The zero-order chi connectivity index (χ0) is 17.4. The molecule has 1 aliphatic rings. The molecule has 2 rings (SSSR count). The van der Waals surface area contributed by atoms with Crippen molar-refractivity contribution in [3.05, 3.63) is 39.9 Å². The van der Waals surface area contributed by atoms with Crippen LogP contribution >= 0.6 is 0 Å². The summed E-state index contributed by atoms with van der Waals surface area (Å²) in [6, 6.07) is 6.84. The highest BCUT2D eigenvalue weighted by Gasteiger charge is 2.21. The van der Waals surface area contributed by atoms with Crippen molar-refractivity contribution in [1.82, 2.24) is 15.1 Å². The third kappa shape index (κ3) is 5.55. The molecule has 1 N–H and O–H groups in total. The number of nitrogens with one attached hydrogen (secondary N) is 1. The van der Waals surface area contributed by atoms with Gasteiger partial charge in [-0.25, -0.2) is 0 Å². The zero-order valence-corrected chi connectivity index (χ0v) is 13.9. The molecule has 8 nitrogen and oxygen atoms in total. The van der Waals surface area contributed by atoms with E-state index in [0.717, 1.165) is 31.7 Å². The summed E-state index contributed by atoms with van der Waals surface area (Å²) in [5.41, 5.74) is 0.894. The fourth-order valence-corrected chi connectivity index (χ4v) is 2.72. The largest absolute Gasteiger partial charge is 0.383 e. The molecular weight excluding hydrogens is 312 g/mol. The molecule has 0 radical (unpaired) electrons. The van der Waals surface area contributed by atoms with Gasteiger partial charge in [0, 0.05) is 58.0 Å². The minimum atomic E-state index is -0.337. The van der Waals surface area contributed by atoms with Gasteiger partial charge in [-0.3, -0.25) is 24.7 Å². The van der Waals surface area contributed by atoms with Crippen LogP contribution < -0.4 is 5.32 Å². The molecule has 1 aliphatic heterocycles. The third-order valence-corrected chi connectivity index (χ3v) is 4.04. The number of nitro benzene ring substituents is 1. The van der Waals surface area contributed by atoms with Crippen molar-refractivity contribution in [2.45, 2.75) is 6.54 Å². The fraction of sp³-hybridized carbons (Fsp3) is 0.562. The van der Waals surface area contributed by atoms with Crippen LogP contribution in [0.1, 0.15) is 5.56 Å². The summed E-state index contributed by atoms with van der Waals surface area (Å²) in [5.74, 6) is -0.000743. The highest BCUT2D eigenvalue weighted by molar-refractivity contribution is 5.78. The summed E-state index contributed by atoms with van der Waals surface area (Å²) in [4.78, 5) is 26.8. The van der Waals surface area contributed by atoms with Gasteiger partial charge < -0.3 is 10.1 Å². The van der Waals surface area contributed by atoms with Crippen LogP contribution in [0.25, 0.3) is 0 Å². The second-order valence-electron chi connectivity index (χ2n) is 5.78. The minimum Gasteiger partial charge on any atom is -0.383 e. The van der Waals surface area contributed by atoms with Gasteiger partial charge in [0.1, 0.15) is 0 Å². The molecule has 0 unspecified atom stereocenters. The summed E-state index contributed by atoms with van der Waals surface area (Å²) in [5, 5.41) is 13.9. The van der Waals surface area contributed by atoms with Gasteiger partial charge in [0.05, 0.1) is 18.1 Å². The Balaban J connectivity index is 1.77. The van der Waals surface area contributed by atoms with Gasteiger partial charge in [0.15, 0.2) is 0 Å². The second kappa shape index (κ2) is 9.31. The van der Waals surface area contributed by atoms with Crippen molar-refractivity contribution in [2.75, 3.05) is 53.0 Å². The Hall–Kier alpha value is -2.03. The van der Waals surface area contributed by atoms with Crippen molar-refractivity contribution < 1.29 is 14.5 Å². The highest BCUT2D eigenvalue weighted by atomic mass is 16.6. The first-order chi connectivity index (χ1) is 11.6. The third-order valence-electron chi connectivity index (χ3n) is 4.04. The zero-order valence-electron chi connectivity index (χ0n) is 13.9. The van der Waals surface area contributed by atoms with E-state index in [-0.39, 0.29) is 16.5 Å². The Morgan fingerprint density at radius 2 is 1.92 bits per heavy atom. The first kappa shape index (κ1) is 18.3. The van der Waals surface area contributed by atoms with Crippen LogP contribution in [0.5, 0.6) is 0 Å². The van der Waals surface area contributed by atoms with E-state index in [1.54, 1.807) is 19.2 Å². The summed E-state index contributed by atoms with van der Waals surface area (Å²) in [6.07, 6.45) is 0. The first-order valence-corrected chi connectivity index (χ1v) is 8.03. The Morgan fingerprint density at radius 1 is 1.25 bits per heavy atom. The summed E-state index contributed by atoms with van der Waals surface area (Å²) in [7, 11) is 1.60. The van der Waals surface area contributed by atoms with Gasteiger partial charge in [-0.1, -0.05) is 18.2 Å². The Labute approximate surface area is 141 Å². The number of nitrogens with zero attached hydrogens (tertiary/aromatic N) is 3. The lowest BCUT2D eigenvalue weighted by Crippen LogP contribution is -2.49. The number of hydrogen-bond acceptors (Lipinski definition) is 6. The van der Waals surface area contributed by atoms with Gasteiger partial charge in [-0.2, -0.15) is 0 Å². The first-order valence-electron chi connectivity index (χ1n) is 8.03. The SMILES string of the molecule is COCCNC(=O)CN1CCN(Cc2ccccc2[N+](=O)[O-])CC1. The topological polar surface area (TPSA) is 88.0 Å². The standard InChI is InChI=1S/C16H24N4O4/c1-24-11-6-17-16(21)13-19-9-7-18(8-10-19)12-14-4-2-3-5-15(14)20(22)23/h2-5H,6-13H2,1H3,(H,17,21). The number of nitro groups is 1. The molecule has 0 bridgehead atoms. The molecule has 0 saturated carbocycles. The molecule has 8 heteroatoms. The maximum atomic E-state index is 11.8. The van der Waals surface area contributed by atoms with E-state index in [1.165, 1.54) is 6.07 Å². The Kier molecular flexibility index (Phi) is 7.10. The summed E-state index contributed by atoms with van der Waals surface area (Å²) < 4.78 is 4.90. The number of ether oxygens (including phenoxy) is 1. The van der Waals surface area contributed by atoms with E-state index in [1.807, 2.05) is 6.07 Å². The molecule has 1 heterocycles. The quantitative estimate of drug-likeness (QED) is 0.422. The number of piperazine rings is 1. The monoisotopic (exact) mass is 336 g/mol. The Bertz CT molecular complexity index is 559. The molecule has 0 spiro atoms. The molecule has 1 fully saturated rings. The molecule has 132 valence electrons. The molecule has 1 saturated heterocycles. The number of rotatable bonds is 8. The molecule has 1 aromatic carbocycles. The fourth-order valence-electron chi connectivity index (χ4n) is 2.72. The van der Waals surface area contributed by atoms with Crippen LogP contribution in [-0.2, 0) is 16.1 Å². The van der Waals surface area contributed by atoms with Gasteiger partial charge in [0.2, 0.25) is 5.91 Å². The van der Waals surface area contributed by atoms with Crippen molar-refractivity contribution in [3.8, 4) is 0 Å². The molecular formula is C16H24N4O4. The summed E-state index contributed by atoms with van der Waals surface area (Å²) >= 11 is 0. The number of amides is 1. The number of carbonyl (C=O) groups excluding carboxylic acids is 1. The lowest BCUT2D eigenvalue weighted by atomic mass is 10.1. The maximum absolute atomic E-state index is 11.8. The second-order valence-corrected chi connectivity index (χ2v) is 5.78. The van der Waals surface area contributed by atoms with E-state index in [4.69, 9.17) is 4.74 Å². The van der Waals surface area contributed by atoms with Gasteiger partial charge in [-0.15, -0.1) is 0 Å². The van der Waals surface area contributed by atoms with Crippen molar-refractivity contribution in [3.63, 3.8) is 0 Å². The smallest absolute Gasteiger partial charge is 0.273 e. The average molecular weight is 336 g/mol. The van der Waals surface area contributed by atoms with Gasteiger partial charge >= 0.3 is 0 Å². The lowest BCUT2D eigenvalue weighted by Gasteiger charge is -2.34. The van der Waals surface area contributed by atoms with E-state index >= 15 is 0 Å². The Morgan fingerprint density at radius 3 is 2.58 bits per heavy atom. The van der Waals surface area contributed by atoms with Crippen LogP contribution in [0.15, 0.2) is 24.3 Å². The van der Waals surface area contributed by atoms with E-state index in [0.29, 0.717) is 26.2 Å². The average Bonchev–Trinajstić information content (AvgIpc) is 2.57. The number of carbonyl (C=O) groups is 1. The van der Waals surface area contributed by atoms with E-state index < -0.39 is 0 Å². The molecule has 0 aromatic heterocycles. The predicted molar refractivity (Wildman–Crippen MR) is 89.7 cm³/mol. The molecule has 1 amide bonds. The van der Waals surface area contributed by atoms with Gasteiger partial charge in [-0.05, 0) is 0 Å². The minimum absolute atomic E-state index is 0.000743. The van der Waals surface area contributed by atoms with Gasteiger partial charge in [0.25, 0.3) is 5.69 Å². The molecule has 0 aliphatic carbocycles. The van der Waals surface area contributed by atoms with Crippen LogP contribution in [0.2, 0.25) is 0 Å². The van der Waals surface area contributed by atoms with Crippen LogP contribution in [-0.4, -0.2) is 73.6 Å². The molecule has 24 heavy (non-hydrogen) atoms. The number of methoxy groups -OCH3 is 1. The predicted octanol–water partition coefficient (Wildman–Crippen LogP) is 0.475. The lowest BCUT2D eigenvalue weighted by molar-refractivity contribution is -0.385. The van der Waals surface area contributed by atoms with E-state index in [9.17, 15) is 14.9 Å². The maximum Gasteiger partial charge on any atom is 0.273 e. The van der Waals surface area contributed by atoms with Crippen LogP contribution in [0.4, 0.5) is 5.69 Å². The number of para-hydroxylation sites is 1. The normalized spacial score (nSPS) is 16.0. The van der Waals surface area contributed by atoms with Crippen molar-refractivity contribution >= 4 is 11.6 Å². The van der Waals surface area contributed by atoms with Crippen LogP contribution in [0.3, 0.4) is 0 Å². The number of hydrogen-bond donors (Lipinski definition) is 1. The van der Waals surface area contributed by atoms with Crippen molar-refractivity contribution in [1.29, 1.82) is 0 Å². The molecule has 0 atom stereocenters. The molecule has 1 aromatic rings. The summed E-state index contributed by atoms with van der Waals surface area (Å²) in [6.45, 7) is 5.10.